The second-order valence-electron chi connectivity index (χ2n) is 18.4. The highest BCUT2D eigenvalue weighted by Gasteiger charge is 2.37. The van der Waals surface area contributed by atoms with Crippen molar-refractivity contribution in [2.45, 2.75) is 110 Å². The van der Waals surface area contributed by atoms with Crippen molar-refractivity contribution >= 4 is 42.2 Å². The fourth-order valence-electron chi connectivity index (χ4n) is 9.55. The molecule has 2 unspecified atom stereocenters. The van der Waals surface area contributed by atoms with Crippen molar-refractivity contribution in [2.75, 3.05) is 69.8 Å². The predicted octanol–water partition coefficient (Wildman–Crippen LogP) is 7.10. The Hall–Kier alpha value is -6.17. The van der Waals surface area contributed by atoms with Crippen LogP contribution in [0.15, 0.2) is 93.9 Å². The van der Waals surface area contributed by atoms with Crippen LogP contribution in [0.2, 0.25) is 0 Å². The van der Waals surface area contributed by atoms with Gasteiger partial charge in [0.25, 0.3) is 5.91 Å². The number of dihydropyridines is 1. The molecule has 0 aromatic heterocycles. The molecule has 4 heterocycles. The Labute approximate surface area is 404 Å². The Bertz CT molecular complexity index is 2300. The average molecular weight is 927 g/mol. The zero-order valence-electron chi connectivity index (χ0n) is 41.0. The molecular formula is C54H74N10O4. The van der Waals surface area contributed by atoms with E-state index in [1.54, 1.807) is 24.2 Å². The number of anilines is 2. The summed E-state index contributed by atoms with van der Waals surface area (Å²) >= 11 is 0. The number of unbranched alkanes of at least 4 members (excludes halogenated alkanes) is 4. The number of imide groups is 1. The Morgan fingerprint density at radius 3 is 2.60 bits per heavy atom. The third kappa shape index (κ3) is 13.7. The van der Waals surface area contributed by atoms with E-state index in [1.165, 1.54) is 29.8 Å². The number of piperazine rings is 1. The van der Waals surface area contributed by atoms with Crippen molar-refractivity contribution in [1.29, 1.82) is 0 Å². The quantitative estimate of drug-likeness (QED) is 0.0281. The normalized spacial score (nSPS) is 18.2. The van der Waals surface area contributed by atoms with Crippen LogP contribution in [-0.2, 0) is 27.4 Å². The molecule has 1 fully saturated rings. The van der Waals surface area contributed by atoms with Gasteiger partial charge >= 0.3 is 0 Å². The molecule has 68 heavy (non-hydrogen) atoms. The summed E-state index contributed by atoms with van der Waals surface area (Å²) in [5, 5.41) is 9.28. The van der Waals surface area contributed by atoms with Gasteiger partial charge in [0.15, 0.2) is 0 Å². The summed E-state index contributed by atoms with van der Waals surface area (Å²) in [6.45, 7) is 23.1. The Balaban J connectivity index is 0.847. The average Bonchev–Trinajstić information content (AvgIpc) is 3.91. The van der Waals surface area contributed by atoms with Gasteiger partial charge in [-0.3, -0.25) is 34.6 Å². The van der Waals surface area contributed by atoms with Gasteiger partial charge in [0.05, 0.1) is 42.0 Å². The molecule has 0 aliphatic carbocycles. The van der Waals surface area contributed by atoms with Crippen molar-refractivity contribution in [3.8, 4) is 11.8 Å². The molecule has 14 nitrogen and oxygen atoms in total. The molecule has 4 aliphatic rings. The summed E-state index contributed by atoms with van der Waals surface area (Å²) < 4.78 is 6.19. The number of amides is 3. The van der Waals surface area contributed by atoms with Gasteiger partial charge in [-0.25, -0.2) is 0 Å². The van der Waals surface area contributed by atoms with Crippen LogP contribution in [0, 0.1) is 17.8 Å². The number of hydrogen-bond donors (Lipinski definition) is 4. The van der Waals surface area contributed by atoms with Gasteiger partial charge in [-0.1, -0.05) is 63.7 Å². The number of hydrogen-bond acceptors (Lipinski definition) is 12. The zero-order chi connectivity index (χ0) is 48.4. The molecule has 14 heteroatoms. The van der Waals surface area contributed by atoms with Gasteiger partial charge in [0.1, 0.15) is 6.04 Å². The number of benzene rings is 2. The van der Waals surface area contributed by atoms with E-state index in [0.29, 0.717) is 49.1 Å². The minimum Gasteiger partial charge on any atom is -0.478 e. The van der Waals surface area contributed by atoms with E-state index in [0.717, 1.165) is 125 Å². The van der Waals surface area contributed by atoms with E-state index in [2.05, 4.69) is 90.9 Å². The van der Waals surface area contributed by atoms with E-state index >= 15 is 0 Å². The Kier molecular flexibility index (Phi) is 19.5. The molecule has 0 saturated carbocycles. The number of nitrogens with two attached hydrogens (primary N) is 1. The first-order chi connectivity index (χ1) is 33.1. The third-order valence-corrected chi connectivity index (χ3v) is 13.5. The summed E-state index contributed by atoms with van der Waals surface area (Å²) in [5.74, 6) is 7.10. The minimum absolute atomic E-state index is 0.181. The maximum Gasteiger partial charge on any atom is 0.255 e. The van der Waals surface area contributed by atoms with E-state index in [9.17, 15) is 14.4 Å². The monoisotopic (exact) mass is 927 g/mol. The lowest BCUT2D eigenvalue weighted by molar-refractivity contribution is -0.129. The number of carbonyl (C=O) groups is 3. The fraction of sp³-hybridized carbons (Fsp3) is 0.500. The molecule has 2 aromatic carbocycles. The number of ether oxygens (including phenoxy) is 1. The minimum atomic E-state index is -0.679. The summed E-state index contributed by atoms with van der Waals surface area (Å²) in [4.78, 5) is 54.4. The molecule has 0 bridgehead atoms. The first kappa shape index (κ1) is 51.2. The van der Waals surface area contributed by atoms with Gasteiger partial charge in [-0.05, 0) is 118 Å². The van der Waals surface area contributed by atoms with Crippen LogP contribution in [0.3, 0.4) is 0 Å². The molecule has 5 N–H and O–H groups in total. The highest BCUT2D eigenvalue weighted by Crippen LogP contribution is 2.34. The van der Waals surface area contributed by atoms with Crippen LogP contribution in [0.25, 0.3) is 0 Å². The zero-order valence-corrected chi connectivity index (χ0v) is 41.0. The second kappa shape index (κ2) is 25.8. The molecule has 4 aliphatic heterocycles. The topological polar surface area (TPSA) is 160 Å². The maximum atomic E-state index is 13.2. The molecule has 3 atom stereocenters. The SMILES string of the molecule is C=NC(=C)C1=CC(C(=CN)C(=NC)OCCC[C@@H](C)CCN2CNc3ccc(CN4CCN(CCCCCCC#Cc5cccc6c5CN(C(CCC)C(=O)NC=O)C6=O)CC4)cc32)NC(C)=C1. The summed E-state index contributed by atoms with van der Waals surface area (Å²) in [5.41, 5.74) is 15.6. The summed E-state index contributed by atoms with van der Waals surface area (Å²) in [6, 6.07) is 11.6. The molecule has 1 saturated heterocycles. The van der Waals surface area contributed by atoms with E-state index < -0.39 is 11.9 Å². The molecular weight excluding hydrogens is 853 g/mol. The summed E-state index contributed by atoms with van der Waals surface area (Å²) in [6.07, 6.45) is 15.6. The molecule has 2 aromatic rings. The third-order valence-electron chi connectivity index (χ3n) is 13.5. The molecule has 364 valence electrons. The standard InChI is InChI=1S/C54H74N10O4/c1-7-16-50(52(66)59-38-65)64-36-47-43(19-14-20-45(47)54(64)67)18-12-10-8-9-11-13-24-61-26-28-62(29-27-61)35-42-21-22-48-51(32-42)63(37-58-48)25-23-39(2)17-15-30-68-53(57-6)46(34-55)49-33-44(41(4)56-5)31-40(3)60-49/h14,19-22,31-34,38-39,49-50,58,60H,4-5,7-11,13,15-17,23-30,35-37,55H2,1-3,6H3,(H,59,65,66)/t39-,49?,50?/m1/s1. The van der Waals surface area contributed by atoms with E-state index in [4.69, 9.17) is 10.5 Å². The molecule has 3 amide bonds. The number of aliphatic imine (C=N–C) groups is 2. The van der Waals surface area contributed by atoms with Crippen LogP contribution in [-0.4, -0.2) is 117 Å². The lowest BCUT2D eigenvalue weighted by Gasteiger charge is -2.34. The number of carbonyl (C=O) groups excluding carboxylic acids is 3. The van der Waals surface area contributed by atoms with Crippen molar-refractivity contribution in [1.82, 2.24) is 25.3 Å². The number of nitrogens with zero attached hydrogens (tertiary/aromatic N) is 6. The van der Waals surface area contributed by atoms with Crippen LogP contribution < -0.4 is 26.6 Å². The largest absolute Gasteiger partial charge is 0.478 e. The van der Waals surface area contributed by atoms with Crippen molar-refractivity contribution in [3.63, 3.8) is 0 Å². The first-order valence-corrected chi connectivity index (χ1v) is 24.6. The van der Waals surface area contributed by atoms with Crippen LogP contribution in [0.4, 0.5) is 11.4 Å². The summed E-state index contributed by atoms with van der Waals surface area (Å²) in [7, 11) is 1.73. The van der Waals surface area contributed by atoms with Crippen molar-refractivity contribution < 1.29 is 19.1 Å². The number of allylic oxidation sites excluding steroid dienone is 2. The Morgan fingerprint density at radius 2 is 1.85 bits per heavy atom. The molecule has 0 spiro atoms. The smallest absolute Gasteiger partial charge is 0.255 e. The fourth-order valence-corrected chi connectivity index (χ4v) is 9.55. The van der Waals surface area contributed by atoms with Gasteiger partial charge in [-0.2, -0.15) is 0 Å². The van der Waals surface area contributed by atoms with Crippen molar-refractivity contribution in [3.05, 3.63) is 106 Å². The molecule has 6 rings (SSSR count). The molecule has 0 radical (unpaired) electrons. The lowest BCUT2D eigenvalue weighted by Crippen LogP contribution is -2.46. The van der Waals surface area contributed by atoms with Crippen LogP contribution in [0.1, 0.15) is 112 Å². The lowest BCUT2D eigenvalue weighted by atomic mass is 9.98. The maximum absolute atomic E-state index is 13.2. The number of rotatable bonds is 24. The van der Waals surface area contributed by atoms with Crippen LogP contribution >= 0.6 is 0 Å². The first-order valence-electron chi connectivity index (χ1n) is 24.6. The van der Waals surface area contributed by atoms with Gasteiger partial charge in [0, 0.05) is 82.3 Å². The van der Waals surface area contributed by atoms with Gasteiger partial charge in [-0.15, -0.1) is 0 Å². The number of nitrogens with one attached hydrogen (secondary N) is 3. The van der Waals surface area contributed by atoms with Crippen LogP contribution in [0.5, 0.6) is 0 Å². The van der Waals surface area contributed by atoms with Crippen molar-refractivity contribution in [2.24, 2.45) is 21.6 Å². The predicted molar refractivity (Wildman–Crippen MR) is 275 cm³/mol. The number of fused-ring (bicyclic) bond motifs is 2. The second-order valence-corrected chi connectivity index (χ2v) is 18.4. The Morgan fingerprint density at radius 1 is 1.06 bits per heavy atom. The van der Waals surface area contributed by atoms with Gasteiger partial charge in [0.2, 0.25) is 18.2 Å². The highest BCUT2D eigenvalue weighted by atomic mass is 16.5. The highest BCUT2D eigenvalue weighted by molar-refractivity contribution is 6.02. The van der Waals surface area contributed by atoms with E-state index in [1.807, 2.05) is 38.1 Å². The van der Waals surface area contributed by atoms with Gasteiger partial charge < -0.3 is 35.8 Å². The van der Waals surface area contributed by atoms with E-state index in [-0.39, 0.29) is 11.9 Å².